The van der Waals surface area contributed by atoms with Gasteiger partial charge in [-0.05, 0) is 68.1 Å². The van der Waals surface area contributed by atoms with Gasteiger partial charge >= 0.3 is 5.97 Å². The van der Waals surface area contributed by atoms with Crippen molar-refractivity contribution in [3.05, 3.63) is 113 Å². The molecule has 4 rings (SSSR count). The number of anilines is 1. The minimum absolute atomic E-state index is 0.0168. The number of halogens is 2. The molecule has 4 aromatic rings. The first-order chi connectivity index (χ1) is 18.9. The molecule has 0 radical (unpaired) electrons. The topological polar surface area (TPSA) is 62.7 Å². The molecule has 1 heterocycles. The smallest absolute Gasteiger partial charge is 0.347 e. The molecule has 0 saturated heterocycles. The molecule has 0 aliphatic heterocycles. The molecule has 0 aliphatic carbocycles. The molecule has 3 aromatic carbocycles. The van der Waals surface area contributed by atoms with Crippen molar-refractivity contribution in [2.75, 3.05) is 11.4 Å². The highest BCUT2D eigenvalue weighted by molar-refractivity contribution is 5.76. The third kappa shape index (κ3) is 7.44. The molecule has 1 aromatic heterocycles. The lowest BCUT2D eigenvalue weighted by atomic mass is 10.1. The number of aryl methyl sites for hydroxylation is 1. The molecule has 0 unspecified atom stereocenters. The van der Waals surface area contributed by atoms with Gasteiger partial charge in [-0.1, -0.05) is 66.2 Å². The summed E-state index contributed by atoms with van der Waals surface area (Å²) >= 11 is 0. The second-order valence-electron chi connectivity index (χ2n) is 10.6. The van der Waals surface area contributed by atoms with Crippen LogP contribution in [0.25, 0.3) is 11.1 Å². The van der Waals surface area contributed by atoms with Crippen molar-refractivity contribution in [3.8, 4) is 16.9 Å². The van der Waals surface area contributed by atoms with Gasteiger partial charge in [0.2, 0.25) is 0 Å². The molecular weight excluding hydrogens is 510 g/mol. The van der Waals surface area contributed by atoms with E-state index in [4.69, 9.17) is 9.72 Å². The molecular formula is C33H34F2N2O3. The van der Waals surface area contributed by atoms with Crippen molar-refractivity contribution in [1.29, 1.82) is 0 Å². The minimum atomic E-state index is -2.89. The first kappa shape index (κ1) is 28.7. The average molecular weight is 545 g/mol. The maximum Gasteiger partial charge on any atom is 0.347 e. The van der Waals surface area contributed by atoms with Crippen LogP contribution in [0.3, 0.4) is 0 Å². The van der Waals surface area contributed by atoms with Gasteiger partial charge in [-0.15, -0.1) is 0 Å². The van der Waals surface area contributed by atoms with Gasteiger partial charge in [0.1, 0.15) is 11.6 Å². The van der Waals surface area contributed by atoms with Crippen LogP contribution in [0.4, 0.5) is 14.6 Å². The van der Waals surface area contributed by atoms with Gasteiger partial charge < -0.3 is 14.7 Å². The Kier molecular flexibility index (Phi) is 8.52. The van der Waals surface area contributed by atoms with Gasteiger partial charge in [0, 0.05) is 37.3 Å². The summed E-state index contributed by atoms with van der Waals surface area (Å²) in [5.41, 5.74) is 3.88. The third-order valence-corrected chi connectivity index (χ3v) is 6.74. The lowest BCUT2D eigenvalue weighted by Crippen LogP contribution is -2.37. The van der Waals surface area contributed by atoms with Crippen molar-refractivity contribution in [2.45, 2.75) is 52.2 Å². The first-order valence-corrected chi connectivity index (χ1v) is 13.2. The normalized spacial score (nSPS) is 11.8. The van der Waals surface area contributed by atoms with Crippen LogP contribution >= 0.6 is 0 Å². The summed E-state index contributed by atoms with van der Waals surface area (Å²) in [4.78, 5) is 18.2. The van der Waals surface area contributed by atoms with E-state index in [9.17, 15) is 18.7 Å². The molecule has 0 saturated carbocycles. The van der Waals surface area contributed by atoms with E-state index in [1.54, 1.807) is 24.3 Å². The quantitative estimate of drug-likeness (QED) is 0.210. The number of ether oxygens (including phenoxy) is 1. The van der Waals surface area contributed by atoms with Gasteiger partial charge in [0.05, 0.1) is 0 Å². The first-order valence-electron chi connectivity index (χ1n) is 13.2. The Morgan fingerprint density at radius 3 is 2.15 bits per heavy atom. The van der Waals surface area contributed by atoms with Crippen LogP contribution in [-0.2, 0) is 23.7 Å². The van der Waals surface area contributed by atoms with Crippen LogP contribution in [-0.4, -0.2) is 28.2 Å². The predicted molar refractivity (Wildman–Crippen MR) is 154 cm³/mol. The number of aliphatic carboxylic acids is 1. The summed E-state index contributed by atoms with van der Waals surface area (Å²) in [5.74, 6) is -2.66. The number of nitrogens with zero attached hydrogens (tertiary/aromatic N) is 2. The number of carboxylic acid groups (broad SMARTS) is 1. The molecule has 0 spiro atoms. The summed E-state index contributed by atoms with van der Waals surface area (Å²) in [7, 11) is 0. The Bertz CT molecular complexity index is 1430. The van der Waals surface area contributed by atoms with Crippen LogP contribution in [0.2, 0.25) is 0 Å². The Morgan fingerprint density at radius 1 is 0.900 bits per heavy atom. The molecule has 5 nitrogen and oxygen atoms in total. The molecule has 208 valence electrons. The summed E-state index contributed by atoms with van der Waals surface area (Å²) in [6.07, 6.45) is 2.54. The highest BCUT2D eigenvalue weighted by Crippen LogP contribution is 2.28. The summed E-state index contributed by atoms with van der Waals surface area (Å²) in [6.45, 7) is 7.09. The lowest BCUT2D eigenvalue weighted by molar-refractivity contribution is -0.152. The monoisotopic (exact) mass is 544 g/mol. The number of hydrogen-bond acceptors (Lipinski definition) is 4. The maximum atomic E-state index is 13.7. The zero-order valence-electron chi connectivity index (χ0n) is 23.2. The van der Waals surface area contributed by atoms with Crippen LogP contribution < -0.4 is 9.64 Å². The zero-order valence-corrected chi connectivity index (χ0v) is 23.2. The highest BCUT2D eigenvalue weighted by Gasteiger charge is 2.29. The number of aromatic nitrogens is 1. The van der Waals surface area contributed by atoms with E-state index in [0.29, 0.717) is 25.3 Å². The van der Waals surface area contributed by atoms with Gasteiger partial charge in [0.15, 0.2) is 5.60 Å². The number of carbonyl (C=O) groups is 1. The number of rotatable bonds is 11. The van der Waals surface area contributed by atoms with Crippen molar-refractivity contribution >= 4 is 11.8 Å². The SMILES string of the molecule is Cc1cccc(-c2ccc(N(CCc3ccc(OC(C)(C)C(=O)O)cc3)Cc3ccc(C(C)(F)F)cc3)nc2)c1. The van der Waals surface area contributed by atoms with Crippen molar-refractivity contribution in [2.24, 2.45) is 0 Å². The van der Waals surface area contributed by atoms with Gasteiger partial charge in [-0.25, -0.2) is 18.6 Å². The number of carboxylic acids is 1. The molecule has 40 heavy (non-hydrogen) atoms. The Labute approximate surface area is 234 Å². The Morgan fingerprint density at radius 2 is 1.57 bits per heavy atom. The predicted octanol–water partition coefficient (Wildman–Crippen LogP) is 7.66. The molecule has 0 fully saturated rings. The zero-order chi connectivity index (χ0) is 28.9. The fraction of sp³-hybridized carbons (Fsp3) is 0.273. The average Bonchev–Trinajstić information content (AvgIpc) is 2.91. The van der Waals surface area contributed by atoms with E-state index in [2.05, 4.69) is 30.0 Å². The Balaban J connectivity index is 1.53. The second-order valence-corrected chi connectivity index (χ2v) is 10.6. The maximum absolute atomic E-state index is 13.7. The van der Waals surface area contributed by atoms with E-state index >= 15 is 0 Å². The second kappa shape index (κ2) is 11.9. The fourth-order valence-corrected chi connectivity index (χ4v) is 4.29. The molecule has 1 N–H and O–H groups in total. The van der Waals surface area contributed by atoms with E-state index < -0.39 is 17.5 Å². The number of pyridine rings is 1. The van der Waals surface area contributed by atoms with Crippen molar-refractivity contribution in [1.82, 2.24) is 4.98 Å². The standard InChI is InChI=1S/C33H34F2N2O3/c1-23-6-5-7-26(20-23)27-12-17-30(36-21-27)37(22-25-8-13-28(14-9-25)33(4,34)35)19-18-24-10-15-29(16-11-24)40-32(2,3)31(38)39/h5-17,20-21H,18-19,22H2,1-4H3,(H,38,39). The van der Waals surface area contributed by atoms with Crippen LogP contribution in [0.5, 0.6) is 5.75 Å². The van der Waals surface area contributed by atoms with Crippen LogP contribution in [0, 0.1) is 6.92 Å². The summed E-state index contributed by atoms with van der Waals surface area (Å²) in [6, 6.07) is 26.0. The lowest BCUT2D eigenvalue weighted by Gasteiger charge is -2.25. The highest BCUT2D eigenvalue weighted by atomic mass is 19.3. The van der Waals surface area contributed by atoms with Gasteiger partial charge in [0.25, 0.3) is 5.92 Å². The van der Waals surface area contributed by atoms with E-state index in [1.807, 2.05) is 36.5 Å². The van der Waals surface area contributed by atoms with Crippen molar-refractivity contribution < 1.29 is 23.4 Å². The van der Waals surface area contributed by atoms with E-state index in [-0.39, 0.29) is 5.56 Å². The van der Waals surface area contributed by atoms with Gasteiger partial charge in [-0.3, -0.25) is 0 Å². The Hall–Kier alpha value is -4.26. The molecule has 0 aliphatic rings. The number of benzene rings is 3. The third-order valence-electron chi connectivity index (χ3n) is 6.74. The van der Waals surface area contributed by atoms with E-state index in [0.717, 1.165) is 35.0 Å². The number of hydrogen-bond donors (Lipinski definition) is 1. The fourth-order valence-electron chi connectivity index (χ4n) is 4.29. The molecule has 0 amide bonds. The molecule has 0 atom stereocenters. The van der Waals surface area contributed by atoms with Gasteiger partial charge in [-0.2, -0.15) is 0 Å². The minimum Gasteiger partial charge on any atom is -0.478 e. The summed E-state index contributed by atoms with van der Waals surface area (Å²) < 4.78 is 33.1. The van der Waals surface area contributed by atoms with Crippen LogP contribution in [0.1, 0.15) is 43.0 Å². The summed E-state index contributed by atoms with van der Waals surface area (Å²) in [5, 5.41) is 9.31. The number of alkyl halides is 2. The molecule has 7 heteroatoms. The molecule has 0 bridgehead atoms. The van der Waals surface area contributed by atoms with Crippen LogP contribution in [0.15, 0.2) is 91.1 Å². The van der Waals surface area contributed by atoms with E-state index in [1.165, 1.54) is 31.5 Å². The van der Waals surface area contributed by atoms with Crippen molar-refractivity contribution in [3.63, 3.8) is 0 Å². The largest absolute Gasteiger partial charge is 0.478 e.